The van der Waals surface area contributed by atoms with E-state index in [1.807, 2.05) is 36.4 Å². The van der Waals surface area contributed by atoms with Gasteiger partial charge in [0.2, 0.25) is 5.13 Å². The molecule has 0 unspecified atom stereocenters. The molecule has 4 aromatic rings. The molecule has 3 heterocycles. The van der Waals surface area contributed by atoms with Crippen LogP contribution in [0.25, 0.3) is 11.3 Å². The molecular formula is C23H18ClN3OS2. The lowest BCUT2D eigenvalue weighted by Crippen LogP contribution is -2.18. The molecular weight excluding hydrogens is 434 g/mol. The fourth-order valence-electron chi connectivity index (χ4n) is 3.49. The number of hydrogen-bond acceptors (Lipinski definition) is 6. The van der Waals surface area contributed by atoms with Crippen molar-refractivity contribution in [3.8, 4) is 17.0 Å². The first kappa shape index (κ1) is 19.3. The van der Waals surface area contributed by atoms with E-state index in [2.05, 4.69) is 40.0 Å². The molecule has 150 valence electrons. The number of ether oxygens (including phenoxy) is 1. The first-order valence-corrected chi connectivity index (χ1v) is 11.6. The number of benzene rings is 2. The molecule has 1 atom stereocenters. The standard InChI is InChI=1S/C23H18ClN3OS2/c1-28-18-10-6-16(7-11-18)21-13-19(22-3-2-12-29-22)26-27(21)23-25-20(14-30-23)15-4-8-17(24)9-5-15/h2-12,14,21H,13H2,1H3/t21-/m0/s1. The summed E-state index contributed by atoms with van der Waals surface area (Å²) >= 11 is 9.35. The van der Waals surface area contributed by atoms with Crippen molar-refractivity contribution >= 4 is 45.1 Å². The SMILES string of the molecule is COc1ccc([C@@H]2CC(c3cccs3)=NN2c2nc(-c3ccc(Cl)cc3)cs2)cc1. The molecule has 4 nitrogen and oxygen atoms in total. The lowest BCUT2D eigenvalue weighted by molar-refractivity contribution is 0.414. The van der Waals surface area contributed by atoms with Crippen LogP contribution in [0, 0.1) is 0 Å². The van der Waals surface area contributed by atoms with E-state index in [0.29, 0.717) is 0 Å². The monoisotopic (exact) mass is 451 g/mol. The fourth-order valence-corrected chi connectivity index (χ4v) is 5.17. The second-order valence-corrected chi connectivity index (χ2v) is 9.10. The Morgan fingerprint density at radius 1 is 1.03 bits per heavy atom. The third-order valence-electron chi connectivity index (χ3n) is 5.04. The second kappa shape index (κ2) is 8.22. The van der Waals surface area contributed by atoms with Crippen molar-refractivity contribution in [3.63, 3.8) is 0 Å². The number of halogens is 1. The summed E-state index contributed by atoms with van der Waals surface area (Å²) in [7, 11) is 1.68. The van der Waals surface area contributed by atoms with Gasteiger partial charge < -0.3 is 4.74 Å². The van der Waals surface area contributed by atoms with Crippen LogP contribution in [0.2, 0.25) is 5.02 Å². The third-order valence-corrected chi connectivity index (χ3v) is 7.05. The van der Waals surface area contributed by atoms with Gasteiger partial charge in [-0.25, -0.2) is 9.99 Å². The average molecular weight is 452 g/mol. The van der Waals surface area contributed by atoms with Gasteiger partial charge in [-0.1, -0.05) is 41.9 Å². The van der Waals surface area contributed by atoms with Crippen LogP contribution in [0.4, 0.5) is 5.13 Å². The minimum Gasteiger partial charge on any atom is -0.497 e. The van der Waals surface area contributed by atoms with Gasteiger partial charge in [-0.2, -0.15) is 5.10 Å². The largest absolute Gasteiger partial charge is 0.497 e. The van der Waals surface area contributed by atoms with Crippen molar-refractivity contribution in [2.45, 2.75) is 12.5 Å². The minimum absolute atomic E-state index is 0.0947. The number of methoxy groups -OCH3 is 1. The molecule has 0 bridgehead atoms. The zero-order chi connectivity index (χ0) is 20.5. The molecule has 0 saturated carbocycles. The summed E-state index contributed by atoms with van der Waals surface area (Å²) in [5.41, 5.74) is 4.26. The average Bonchev–Trinajstić information content (AvgIpc) is 3.54. The van der Waals surface area contributed by atoms with E-state index in [0.717, 1.165) is 39.3 Å². The summed E-state index contributed by atoms with van der Waals surface area (Å²) in [4.78, 5) is 6.09. The third kappa shape index (κ3) is 3.74. The van der Waals surface area contributed by atoms with Crippen LogP contribution in [0.1, 0.15) is 22.9 Å². The number of nitrogens with zero attached hydrogens (tertiary/aromatic N) is 3. The molecule has 0 amide bonds. The van der Waals surface area contributed by atoms with Gasteiger partial charge in [0.1, 0.15) is 5.75 Å². The molecule has 2 aromatic carbocycles. The van der Waals surface area contributed by atoms with Gasteiger partial charge in [-0.3, -0.25) is 0 Å². The van der Waals surface area contributed by atoms with E-state index < -0.39 is 0 Å². The summed E-state index contributed by atoms with van der Waals surface area (Å²) in [6.07, 6.45) is 0.836. The normalized spacial score (nSPS) is 16.0. The number of thiazole rings is 1. The highest BCUT2D eigenvalue weighted by molar-refractivity contribution is 7.14. The molecule has 0 aliphatic carbocycles. The molecule has 0 spiro atoms. The highest BCUT2D eigenvalue weighted by atomic mass is 35.5. The Morgan fingerprint density at radius 3 is 2.53 bits per heavy atom. The Bertz CT molecular complexity index is 1170. The van der Waals surface area contributed by atoms with Crippen molar-refractivity contribution in [1.29, 1.82) is 0 Å². The predicted octanol–water partition coefficient (Wildman–Crippen LogP) is 6.89. The highest BCUT2D eigenvalue weighted by Crippen LogP contribution is 2.40. The van der Waals surface area contributed by atoms with Gasteiger partial charge in [0.15, 0.2) is 0 Å². The number of thiophene rings is 1. The van der Waals surface area contributed by atoms with E-state index >= 15 is 0 Å². The number of anilines is 1. The van der Waals surface area contributed by atoms with E-state index in [-0.39, 0.29) is 6.04 Å². The Labute approximate surface area is 188 Å². The molecule has 0 saturated heterocycles. The maximum Gasteiger partial charge on any atom is 0.207 e. The maximum atomic E-state index is 6.03. The van der Waals surface area contributed by atoms with Crippen LogP contribution in [-0.4, -0.2) is 17.8 Å². The van der Waals surface area contributed by atoms with Crippen molar-refractivity contribution in [2.24, 2.45) is 5.10 Å². The van der Waals surface area contributed by atoms with Gasteiger partial charge >= 0.3 is 0 Å². The lowest BCUT2D eigenvalue weighted by atomic mass is 10.0. The zero-order valence-electron chi connectivity index (χ0n) is 16.2. The predicted molar refractivity (Wildman–Crippen MR) is 126 cm³/mol. The number of hydrazone groups is 1. The molecule has 5 rings (SSSR count). The van der Waals surface area contributed by atoms with E-state index in [4.69, 9.17) is 26.4 Å². The Morgan fingerprint density at radius 2 is 1.83 bits per heavy atom. The minimum atomic E-state index is 0.0947. The molecule has 2 aromatic heterocycles. The quantitative estimate of drug-likeness (QED) is 0.331. The first-order valence-electron chi connectivity index (χ1n) is 9.47. The summed E-state index contributed by atoms with van der Waals surface area (Å²) in [5.74, 6) is 0.849. The van der Waals surface area contributed by atoms with Crippen LogP contribution < -0.4 is 9.75 Å². The topological polar surface area (TPSA) is 37.7 Å². The molecule has 1 aliphatic rings. The first-order chi connectivity index (χ1) is 14.7. The maximum absolute atomic E-state index is 6.03. The molecule has 30 heavy (non-hydrogen) atoms. The zero-order valence-corrected chi connectivity index (χ0v) is 18.5. The van der Waals surface area contributed by atoms with Crippen LogP contribution in [0.5, 0.6) is 5.75 Å². The lowest BCUT2D eigenvalue weighted by Gasteiger charge is -2.21. The van der Waals surface area contributed by atoms with E-state index in [9.17, 15) is 0 Å². The Kier molecular flexibility index (Phi) is 5.29. The van der Waals surface area contributed by atoms with Crippen LogP contribution >= 0.6 is 34.3 Å². The number of rotatable bonds is 5. The van der Waals surface area contributed by atoms with E-state index in [1.165, 1.54) is 10.4 Å². The second-order valence-electron chi connectivity index (χ2n) is 6.88. The molecule has 0 fully saturated rings. The van der Waals surface area contributed by atoms with Crippen molar-refractivity contribution in [1.82, 2.24) is 4.98 Å². The van der Waals surface area contributed by atoms with Gasteiger partial charge in [0, 0.05) is 22.4 Å². The highest BCUT2D eigenvalue weighted by Gasteiger charge is 2.32. The van der Waals surface area contributed by atoms with Gasteiger partial charge in [0.25, 0.3) is 0 Å². The Hall–Kier alpha value is -2.67. The van der Waals surface area contributed by atoms with Gasteiger partial charge in [0.05, 0.1) is 29.4 Å². The van der Waals surface area contributed by atoms with Gasteiger partial charge in [-0.05, 0) is 41.3 Å². The smallest absolute Gasteiger partial charge is 0.207 e. The van der Waals surface area contributed by atoms with Gasteiger partial charge in [-0.15, -0.1) is 22.7 Å². The van der Waals surface area contributed by atoms with Crippen LogP contribution in [0.3, 0.4) is 0 Å². The van der Waals surface area contributed by atoms with Crippen molar-refractivity contribution in [2.75, 3.05) is 12.1 Å². The molecule has 0 N–H and O–H groups in total. The van der Waals surface area contributed by atoms with Crippen LogP contribution in [0.15, 0.2) is 76.5 Å². The summed E-state index contributed by atoms with van der Waals surface area (Å²) in [5, 5.41) is 12.8. The van der Waals surface area contributed by atoms with E-state index in [1.54, 1.807) is 29.8 Å². The fraction of sp³-hybridized carbons (Fsp3) is 0.130. The number of hydrogen-bond donors (Lipinski definition) is 0. The van der Waals surface area contributed by atoms with Crippen LogP contribution in [-0.2, 0) is 0 Å². The number of aromatic nitrogens is 1. The summed E-state index contributed by atoms with van der Waals surface area (Å²) in [6.45, 7) is 0. The Balaban J connectivity index is 1.51. The van der Waals surface area contributed by atoms with Crippen molar-refractivity contribution in [3.05, 3.63) is 86.9 Å². The molecule has 1 aliphatic heterocycles. The van der Waals surface area contributed by atoms with Crippen molar-refractivity contribution < 1.29 is 4.74 Å². The molecule has 7 heteroatoms. The molecule has 0 radical (unpaired) electrons. The summed E-state index contributed by atoms with van der Waals surface area (Å²) in [6, 6.07) is 20.3. The summed E-state index contributed by atoms with van der Waals surface area (Å²) < 4.78 is 5.32.